The van der Waals surface area contributed by atoms with Crippen LogP contribution < -0.4 is 5.32 Å². The summed E-state index contributed by atoms with van der Waals surface area (Å²) < 4.78 is 10.5. The van der Waals surface area contributed by atoms with E-state index in [1.807, 2.05) is 20.8 Å². The molecular weight excluding hydrogens is 370 g/mol. The molecule has 2 heterocycles. The molecule has 1 aromatic carbocycles. The van der Waals surface area contributed by atoms with Gasteiger partial charge in [-0.3, -0.25) is 4.79 Å². The van der Waals surface area contributed by atoms with E-state index in [1.54, 1.807) is 35.2 Å². The molecule has 1 saturated heterocycles. The van der Waals surface area contributed by atoms with Crippen LogP contribution in [0.15, 0.2) is 34.9 Å². The number of carbonyl (C=O) groups is 2. The molecule has 1 fully saturated rings. The van der Waals surface area contributed by atoms with Crippen LogP contribution in [-0.2, 0) is 4.74 Å². The minimum absolute atomic E-state index is 0.121. The van der Waals surface area contributed by atoms with E-state index in [4.69, 9.17) is 20.9 Å². The monoisotopic (exact) mass is 391 g/mol. The van der Waals surface area contributed by atoms with Crippen LogP contribution in [-0.4, -0.2) is 46.8 Å². The van der Waals surface area contributed by atoms with Gasteiger partial charge in [-0.15, -0.1) is 0 Å². The van der Waals surface area contributed by atoms with Crippen molar-refractivity contribution in [3.8, 4) is 11.3 Å². The van der Waals surface area contributed by atoms with Crippen molar-refractivity contribution in [1.29, 1.82) is 0 Å². The van der Waals surface area contributed by atoms with Crippen LogP contribution in [0.25, 0.3) is 11.3 Å². The topological polar surface area (TPSA) is 84.7 Å². The van der Waals surface area contributed by atoms with Crippen LogP contribution >= 0.6 is 11.6 Å². The standard InChI is InChI=1S/C19H22ClN3O4/c1-19(2,3)26-18(25)23-9-8-14(11-23)21-17(24)16-10-15(22-27-16)12-4-6-13(20)7-5-12/h4-7,10,14H,8-9,11H2,1-3H3,(H,21,24)/t14-/m1/s1. The average molecular weight is 392 g/mol. The van der Waals surface area contributed by atoms with Crippen molar-refractivity contribution >= 4 is 23.6 Å². The third-order valence-electron chi connectivity index (χ3n) is 4.05. The van der Waals surface area contributed by atoms with Gasteiger partial charge < -0.3 is 19.5 Å². The van der Waals surface area contributed by atoms with Gasteiger partial charge in [0.15, 0.2) is 0 Å². The number of hydrogen-bond donors (Lipinski definition) is 1. The second kappa shape index (κ2) is 7.60. The van der Waals surface area contributed by atoms with E-state index in [0.717, 1.165) is 5.56 Å². The molecule has 1 aliphatic heterocycles. The zero-order valence-corrected chi connectivity index (χ0v) is 16.2. The van der Waals surface area contributed by atoms with Gasteiger partial charge in [0.1, 0.15) is 11.3 Å². The van der Waals surface area contributed by atoms with E-state index in [9.17, 15) is 9.59 Å². The maximum absolute atomic E-state index is 12.4. The Hall–Kier alpha value is -2.54. The predicted molar refractivity (Wildman–Crippen MR) is 101 cm³/mol. The molecule has 27 heavy (non-hydrogen) atoms. The lowest BCUT2D eigenvalue weighted by Gasteiger charge is -2.24. The molecule has 0 spiro atoms. The summed E-state index contributed by atoms with van der Waals surface area (Å²) in [5.41, 5.74) is 0.814. The fraction of sp³-hybridized carbons (Fsp3) is 0.421. The predicted octanol–water partition coefficient (Wildman–Crippen LogP) is 3.73. The highest BCUT2D eigenvalue weighted by atomic mass is 35.5. The van der Waals surface area contributed by atoms with Gasteiger partial charge in [0.25, 0.3) is 5.91 Å². The van der Waals surface area contributed by atoms with Gasteiger partial charge in [-0.05, 0) is 39.3 Å². The Morgan fingerprint density at radius 2 is 2.00 bits per heavy atom. The normalized spacial score (nSPS) is 17.0. The van der Waals surface area contributed by atoms with Crippen molar-refractivity contribution in [3.05, 3.63) is 41.1 Å². The number of aromatic nitrogens is 1. The van der Waals surface area contributed by atoms with Crippen molar-refractivity contribution in [2.24, 2.45) is 0 Å². The first kappa shape index (κ1) is 19.2. The maximum Gasteiger partial charge on any atom is 0.410 e. The van der Waals surface area contributed by atoms with E-state index < -0.39 is 5.60 Å². The Balaban J connectivity index is 1.57. The van der Waals surface area contributed by atoms with E-state index in [1.165, 1.54) is 0 Å². The van der Waals surface area contributed by atoms with Crippen LogP contribution in [0.3, 0.4) is 0 Å². The number of nitrogens with zero attached hydrogens (tertiary/aromatic N) is 2. The second-order valence-electron chi connectivity index (χ2n) is 7.47. The fourth-order valence-electron chi connectivity index (χ4n) is 2.77. The number of carbonyl (C=O) groups excluding carboxylic acids is 2. The highest BCUT2D eigenvalue weighted by Gasteiger charge is 2.31. The first-order valence-electron chi connectivity index (χ1n) is 8.73. The molecule has 0 bridgehead atoms. The largest absolute Gasteiger partial charge is 0.444 e. The number of hydrogen-bond acceptors (Lipinski definition) is 5. The highest BCUT2D eigenvalue weighted by Crippen LogP contribution is 2.22. The number of likely N-dealkylation sites (tertiary alicyclic amines) is 1. The van der Waals surface area contributed by atoms with Gasteiger partial charge in [-0.2, -0.15) is 0 Å². The van der Waals surface area contributed by atoms with Crippen LogP contribution in [0.1, 0.15) is 37.7 Å². The molecule has 0 unspecified atom stereocenters. The molecule has 1 atom stereocenters. The van der Waals surface area contributed by atoms with E-state index in [0.29, 0.717) is 30.2 Å². The molecule has 1 aromatic heterocycles. The Morgan fingerprint density at radius 3 is 2.67 bits per heavy atom. The van der Waals surface area contributed by atoms with E-state index in [2.05, 4.69) is 10.5 Å². The van der Waals surface area contributed by atoms with Gasteiger partial charge in [0, 0.05) is 35.8 Å². The zero-order valence-electron chi connectivity index (χ0n) is 15.5. The first-order valence-corrected chi connectivity index (χ1v) is 9.10. The van der Waals surface area contributed by atoms with Gasteiger partial charge >= 0.3 is 6.09 Å². The maximum atomic E-state index is 12.4. The Kier molecular flexibility index (Phi) is 5.41. The summed E-state index contributed by atoms with van der Waals surface area (Å²) in [6.07, 6.45) is 0.285. The van der Waals surface area contributed by atoms with Crippen molar-refractivity contribution in [2.45, 2.75) is 38.8 Å². The molecule has 0 saturated carbocycles. The van der Waals surface area contributed by atoms with Gasteiger partial charge in [-0.1, -0.05) is 28.9 Å². The fourth-order valence-corrected chi connectivity index (χ4v) is 2.89. The van der Waals surface area contributed by atoms with Crippen molar-refractivity contribution < 1.29 is 18.8 Å². The third kappa shape index (κ3) is 5.01. The summed E-state index contributed by atoms with van der Waals surface area (Å²) in [6, 6.07) is 8.52. The summed E-state index contributed by atoms with van der Waals surface area (Å²) in [7, 11) is 0. The minimum Gasteiger partial charge on any atom is -0.444 e. The van der Waals surface area contributed by atoms with Gasteiger partial charge in [-0.25, -0.2) is 4.79 Å². The molecule has 1 N–H and O–H groups in total. The number of amides is 2. The third-order valence-corrected chi connectivity index (χ3v) is 4.30. The smallest absolute Gasteiger partial charge is 0.410 e. The summed E-state index contributed by atoms with van der Waals surface area (Å²) in [6.45, 7) is 6.40. The molecule has 2 amide bonds. The first-order chi connectivity index (χ1) is 12.7. The lowest BCUT2D eigenvalue weighted by molar-refractivity contribution is 0.0290. The van der Waals surface area contributed by atoms with Crippen LogP contribution in [0, 0.1) is 0 Å². The Morgan fingerprint density at radius 1 is 1.30 bits per heavy atom. The quantitative estimate of drug-likeness (QED) is 0.861. The van der Waals surface area contributed by atoms with Gasteiger partial charge in [0.2, 0.25) is 5.76 Å². The second-order valence-corrected chi connectivity index (χ2v) is 7.91. The molecule has 2 aromatic rings. The number of ether oxygens (including phenoxy) is 1. The lowest BCUT2D eigenvalue weighted by atomic mass is 10.1. The zero-order chi connectivity index (χ0) is 19.6. The number of rotatable bonds is 3. The number of nitrogens with one attached hydrogen (secondary N) is 1. The molecule has 8 heteroatoms. The summed E-state index contributed by atoms with van der Waals surface area (Å²) in [4.78, 5) is 26.1. The van der Waals surface area contributed by atoms with Gasteiger partial charge in [0.05, 0.1) is 0 Å². The molecule has 3 rings (SSSR count). The van der Waals surface area contributed by atoms with Crippen LogP contribution in [0.2, 0.25) is 5.02 Å². The van der Waals surface area contributed by atoms with Crippen molar-refractivity contribution in [3.63, 3.8) is 0 Å². The van der Waals surface area contributed by atoms with E-state index in [-0.39, 0.29) is 23.8 Å². The Labute approximate surface area is 162 Å². The lowest BCUT2D eigenvalue weighted by Crippen LogP contribution is -2.40. The summed E-state index contributed by atoms with van der Waals surface area (Å²) in [5.74, 6) is -0.241. The number of benzene rings is 1. The van der Waals surface area contributed by atoms with Crippen molar-refractivity contribution in [1.82, 2.24) is 15.4 Å². The molecule has 144 valence electrons. The molecule has 0 aliphatic carbocycles. The Bertz CT molecular complexity index is 826. The molecular formula is C19H22ClN3O4. The number of halogens is 1. The summed E-state index contributed by atoms with van der Waals surface area (Å²) in [5, 5.41) is 7.43. The SMILES string of the molecule is CC(C)(C)OC(=O)N1CC[C@@H](NC(=O)c2cc(-c3ccc(Cl)cc3)no2)C1. The van der Waals surface area contributed by atoms with Crippen molar-refractivity contribution in [2.75, 3.05) is 13.1 Å². The average Bonchev–Trinajstić information content (AvgIpc) is 3.23. The summed E-state index contributed by atoms with van der Waals surface area (Å²) >= 11 is 5.87. The molecule has 0 radical (unpaired) electrons. The minimum atomic E-state index is -0.545. The van der Waals surface area contributed by atoms with Crippen LogP contribution in [0.4, 0.5) is 4.79 Å². The van der Waals surface area contributed by atoms with Crippen LogP contribution in [0.5, 0.6) is 0 Å². The van der Waals surface area contributed by atoms with E-state index >= 15 is 0 Å². The molecule has 1 aliphatic rings. The molecule has 7 nitrogen and oxygen atoms in total. The highest BCUT2D eigenvalue weighted by molar-refractivity contribution is 6.30.